The highest BCUT2D eigenvalue weighted by atomic mass is 19.1. The van der Waals surface area contributed by atoms with Crippen LogP contribution >= 0.6 is 0 Å². The Bertz CT molecular complexity index is 1340. The van der Waals surface area contributed by atoms with Crippen LogP contribution in [-0.2, 0) is 35.6 Å². The normalized spacial score (nSPS) is 17.9. The molecule has 6 rings (SSSR count). The summed E-state index contributed by atoms with van der Waals surface area (Å²) in [6.07, 6.45) is 3.59. The monoisotopic (exact) mass is 510 g/mol. The van der Waals surface area contributed by atoms with Crippen LogP contribution in [0.3, 0.4) is 0 Å². The minimum atomic E-state index is -0.696. The third kappa shape index (κ3) is 4.63. The van der Waals surface area contributed by atoms with Gasteiger partial charge < -0.3 is 19.3 Å². The van der Waals surface area contributed by atoms with Crippen LogP contribution < -0.4 is 9.64 Å². The van der Waals surface area contributed by atoms with Gasteiger partial charge in [0.25, 0.3) is 0 Å². The number of halogens is 2. The fourth-order valence-corrected chi connectivity index (χ4v) is 5.20. The Morgan fingerprint density at radius 3 is 2.73 bits per heavy atom. The Morgan fingerprint density at radius 2 is 1.95 bits per heavy atom. The molecule has 3 aliphatic rings. The first-order valence-electron chi connectivity index (χ1n) is 12.6. The molecule has 194 valence electrons. The number of benzene rings is 1. The van der Waals surface area contributed by atoms with Crippen molar-refractivity contribution >= 4 is 11.7 Å². The molecule has 37 heavy (non-hydrogen) atoms. The summed E-state index contributed by atoms with van der Waals surface area (Å²) in [7, 11) is 0. The van der Waals surface area contributed by atoms with E-state index in [0.717, 1.165) is 40.2 Å². The Labute approximate surface area is 213 Å². The molecule has 0 aliphatic carbocycles. The number of carbonyl (C=O) groups excluding carboxylic acids is 1. The lowest BCUT2D eigenvalue weighted by atomic mass is 10.0. The topological polar surface area (TPSA) is 85.6 Å². The van der Waals surface area contributed by atoms with Gasteiger partial charge in [-0.25, -0.2) is 18.7 Å². The molecular formula is C26H28F2N6O3. The first-order valence-corrected chi connectivity index (χ1v) is 12.6. The third-order valence-corrected chi connectivity index (χ3v) is 7.26. The first-order chi connectivity index (χ1) is 18.0. The number of hydrogen-bond acceptors (Lipinski definition) is 7. The number of nitrogens with zero attached hydrogens (tertiary/aromatic N) is 6. The second kappa shape index (κ2) is 9.70. The molecule has 1 saturated heterocycles. The van der Waals surface area contributed by atoms with E-state index in [1.54, 1.807) is 11.8 Å². The lowest BCUT2D eigenvalue weighted by Crippen LogP contribution is -2.40. The molecule has 3 aromatic rings. The molecule has 0 atom stereocenters. The SMILES string of the molecule is CC(=O)N1CCc2nc(N3CCC(Oc4ccc(F)cc4F)CC3)c(-c3cnn4c3COCC4)nc2C1. The largest absolute Gasteiger partial charge is 0.487 e. The zero-order valence-corrected chi connectivity index (χ0v) is 20.6. The van der Waals surface area contributed by atoms with Crippen LogP contribution in [0.25, 0.3) is 11.3 Å². The number of carbonyl (C=O) groups is 1. The van der Waals surface area contributed by atoms with E-state index in [2.05, 4.69) is 10.00 Å². The van der Waals surface area contributed by atoms with Gasteiger partial charge in [0, 0.05) is 57.5 Å². The van der Waals surface area contributed by atoms with E-state index < -0.39 is 11.6 Å². The minimum Gasteiger partial charge on any atom is -0.487 e. The Kier molecular flexibility index (Phi) is 6.23. The predicted octanol–water partition coefficient (Wildman–Crippen LogP) is 3.10. The molecule has 2 aromatic heterocycles. The zero-order valence-electron chi connectivity index (χ0n) is 20.6. The van der Waals surface area contributed by atoms with E-state index in [9.17, 15) is 13.6 Å². The molecule has 0 saturated carbocycles. The van der Waals surface area contributed by atoms with E-state index >= 15 is 0 Å². The van der Waals surface area contributed by atoms with Crippen LogP contribution in [0.2, 0.25) is 0 Å². The predicted molar refractivity (Wildman–Crippen MR) is 130 cm³/mol. The van der Waals surface area contributed by atoms with Crippen molar-refractivity contribution in [2.75, 3.05) is 31.1 Å². The summed E-state index contributed by atoms with van der Waals surface area (Å²) in [6.45, 7) is 5.67. The summed E-state index contributed by atoms with van der Waals surface area (Å²) in [5, 5.41) is 4.55. The van der Waals surface area contributed by atoms with Crippen LogP contribution in [0.1, 0.15) is 36.8 Å². The maximum Gasteiger partial charge on any atom is 0.219 e. The van der Waals surface area contributed by atoms with Crippen molar-refractivity contribution in [3.05, 3.63) is 53.1 Å². The molecule has 1 fully saturated rings. The third-order valence-electron chi connectivity index (χ3n) is 7.26. The number of piperidine rings is 1. The van der Waals surface area contributed by atoms with Crippen molar-refractivity contribution in [2.24, 2.45) is 0 Å². The molecule has 3 aliphatic heterocycles. The Hall–Kier alpha value is -3.60. The molecule has 0 spiro atoms. The van der Waals surface area contributed by atoms with Gasteiger partial charge in [-0.1, -0.05) is 0 Å². The second-order valence-corrected chi connectivity index (χ2v) is 9.64. The summed E-state index contributed by atoms with van der Waals surface area (Å²) >= 11 is 0. The van der Waals surface area contributed by atoms with E-state index in [0.29, 0.717) is 65.2 Å². The van der Waals surface area contributed by atoms with Gasteiger partial charge in [-0.15, -0.1) is 0 Å². The average Bonchev–Trinajstić information content (AvgIpc) is 3.34. The van der Waals surface area contributed by atoms with Gasteiger partial charge in [-0.3, -0.25) is 9.48 Å². The highest BCUT2D eigenvalue weighted by molar-refractivity contribution is 5.75. The Morgan fingerprint density at radius 1 is 1.11 bits per heavy atom. The van der Waals surface area contributed by atoms with Crippen LogP contribution in [0, 0.1) is 11.6 Å². The summed E-state index contributed by atoms with van der Waals surface area (Å²) < 4.78 is 40.9. The van der Waals surface area contributed by atoms with Gasteiger partial charge >= 0.3 is 0 Å². The van der Waals surface area contributed by atoms with E-state index in [1.165, 1.54) is 12.1 Å². The maximum atomic E-state index is 14.1. The van der Waals surface area contributed by atoms with E-state index in [4.69, 9.17) is 19.4 Å². The maximum absolute atomic E-state index is 14.1. The molecule has 11 heteroatoms. The van der Waals surface area contributed by atoms with Gasteiger partial charge in [0.2, 0.25) is 5.91 Å². The van der Waals surface area contributed by atoms with Crippen molar-refractivity contribution in [3.8, 4) is 17.0 Å². The number of aromatic nitrogens is 4. The number of ether oxygens (including phenoxy) is 2. The number of hydrogen-bond donors (Lipinski definition) is 0. The number of amides is 1. The molecule has 9 nitrogen and oxygen atoms in total. The fourth-order valence-electron chi connectivity index (χ4n) is 5.20. The zero-order chi connectivity index (χ0) is 25.5. The summed E-state index contributed by atoms with van der Waals surface area (Å²) in [5.41, 5.74) is 4.30. The van der Waals surface area contributed by atoms with Crippen LogP contribution in [0.5, 0.6) is 5.75 Å². The van der Waals surface area contributed by atoms with Crippen molar-refractivity contribution in [2.45, 2.75) is 52.0 Å². The quantitative estimate of drug-likeness (QED) is 0.533. The van der Waals surface area contributed by atoms with Crippen LogP contribution in [0.15, 0.2) is 24.4 Å². The van der Waals surface area contributed by atoms with Gasteiger partial charge in [-0.2, -0.15) is 5.10 Å². The van der Waals surface area contributed by atoms with Crippen LogP contribution in [-0.4, -0.2) is 62.9 Å². The summed E-state index contributed by atoms with van der Waals surface area (Å²) in [4.78, 5) is 26.1. The standard InChI is InChI=1S/C26H28F2N6O3/c1-16(35)33-9-6-21-22(14-33)30-25(19-13-29-34-10-11-36-15-23(19)34)26(31-21)32-7-4-18(5-8-32)37-24-3-2-17(27)12-20(24)28/h2-3,12-13,18H,4-11,14-15H2,1H3. The lowest BCUT2D eigenvalue weighted by Gasteiger charge is -2.35. The van der Waals surface area contributed by atoms with Crippen molar-refractivity contribution < 1.29 is 23.0 Å². The average molecular weight is 511 g/mol. The van der Waals surface area contributed by atoms with Gasteiger partial charge in [0.15, 0.2) is 17.4 Å². The number of rotatable bonds is 4. The van der Waals surface area contributed by atoms with Gasteiger partial charge in [0.1, 0.15) is 17.6 Å². The van der Waals surface area contributed by atoms with Gasteiger partial charge in [0.05, 0.1) is 49.6 Å². The molecule has 1 amide bonds. The smallest absolute Gasteiger partial charge is 0.219 e. The summed E-state index contributed by atoms with van der Waals surface area (Å²) in [6, 6.07) is 3.37. The second-order valence-electron chi connectivity index (χ2n) is 9.64. The van der Waals surface area contributed by atoms with Crippen LogP contribution in [0.4, 0.5) is 14.6 Å². The molecule has 0 N–H and O–H groups in total. The van der Waals surface area contributed by atoms with Gasteiger partial charge in [-0.05, 0) is 12.1 Å². The van der Waals surface area contributed by atoms with Crippen molar-refractivity contribution in [1.29, 1.82) is 0 Å². The molecular weight excluding hydrogens is 482 g/mol. The molecule has 0 radical (unpaired) electrons. The van der Waals surface area contributed by atoms with Crippen molar-refractivity contribution in [3.63, 3.8) is 0 Å². The molecule has 5 heterocycles. The summed E-state index contributed by atoms with van der Waals surface area (Å²) in [5.74, 6) is -0.456. The molecule has 0 bridgehead atoms. The van der Waals surface area contributed by atoms with E-state index in [-0.39, 0.29) is 17.8 Å². The Balaban J connectivity index is 1.29. The molecule has 1 aromatic carbocycles. The first kappa shape index (κ1) is 23.8. The van der Waals surface area contributed by atoms with E-state index in [1.807, 2.05) is 10.9 Å². The highest BCUT2D eigenvalue weighted by Crippen LogP contribution is 2.35. The highest BCUT2D eigenvalue weighted by Gasteiger charge is 2.30. The number of fused-ring (bicyclic) bond motifs is 2. The minimum absolute atomic E-state index is 0.0223. The number of anilines is 1. The molecule has 0 unspecified atom stereocenters. The lowest BCUT2D eigenvalue weighted by molar-refractivity contribution is -0.129. The van der Waals surface area contributed by atoms with Crippen molar-refractivity contribution in [1.82, 2.24) is 24.6 Å². The fraction of sp³-hybridized carbons (Fsp3) is 0.462.